The molecule has 1 saturated heterocycles. The van der Waals surface area contributed by atoms with Gasteiger partial charge in [-0.25, -0.2) is 0 Å². The van der Waals surface area contributed by atoms with E-state index in [4.69, 9.17) is 9.47 Å². The average Bonchev–Trinajstić information content (AvgIpc) is 3.15. The lowest BCUT2D eigenvalue weighted by molar-refractivity contribution is -0.387. The Bertz CT molecular complexity index is 804. The molecule has 0 radical (unpaired) electrons. The van der Waals surface area contributed by atoms with E-state index in [0.29, 0.717) is 17.9 Å². The van der Waals surface area contributed by atoms with E-state index in [2.05, 4.69) is 5.32 Å². The van der Waals surface area contributed by atoms with Gasteiger partial charge in [-0.05, 0) is 49.2 Å². The summed E-state index contributed by atoms with van der Waals surface area (Å²) in [5, 5.41) is 13.3. The Morgan fingerprint density at radius 2 is 2.08 bits per heavy atom. The summed E-state index contributed by atoms with van der Waals surface area (Å²) in [6.07, 6.45) is 2.12. The normalized spacial score (nSPS) is 16.3. The van der Waals surface area contributed by atoms with Crippen LogP contribution >= 0.6 is 0 Å². The third-order valence-electron chi connectivity index (χ3n) is 3.98. The molecule has 1 N–H and O–H groups in total. The standard InChI is InChI=1S/C18H17FN2O5/c19-16-8-5-13(10-17(16)21(23)24)20-18(22)12-3-6-14(7-4-12)26-11-15-2-1-9-25-15/h3-8,10,15H,1-2,9,11H2,(H,20,22). The summed E-state index contributed by atoms with van der Waals surface area (Å²) in [7, 11) is 0. The zero-order valence-corrected chi connectivity index (χ0v) is 13.8. The molecule has 0 bridgehead atoms. The number of hydrogen-bond acceptors (Lipinski definition) is 5. The van der Waals surface area contributed by atoms with Crippen LogP contribution in [0.3, 0.4) is 0 Å². The van der Waals surface area contributed by atoms with Crippen LogP contribution in [-0.2, 0) is 4.74 Å². The molecule has 1 unspecified atom stereocenters. The van der Waals surface area contributed by atoms with Gasteiger partial charge in [-0.15, -0.1) is 0 Å². The van der Waals surface area contributed by atoms with Gasteiger partial charge in [0, 0.05) is 23.9 Å². The molecule has 1 heterocycles. The molecule has 1 aliphatic heterocycles. The van der Waals surface area contributed by atoms with Crippen molar-refractivity contribution < 1.29 is 23.6 Å². The van der Waals surface area contributed by atoms with Gasteiger partial charge in [0.25, 0.3) is 5.91 Å². The Morgan fingerprint density at radius 3 is 2.73 bits per heavy atom. The van der Waals surface area contributed by atoms with Crippen molar-refractivity contribution in [1.29, 1.82) is 0 Å². The fourth-order valence-electron chi connectivity index (χ4n) is 2.60. The van der Waals surface area contributed by atoms with Crippen LogP contribution in [0.1, 0.15) is 23.2 Å². The molecule has 0 aliphatic carbocycles. The van der Waals surface area contributed by atoms with Crippen molar-refractivity contribution in [3.05, 3.63) is 64.0 Å². The maximum atomic E-state index is 13.3. The number of anilines is 1. The number of nitro benzene ring substituents is 1. The van der Waals surface area contributed by atoms with Crippen molar-refractivity contribution in [2.45, 2.75) is 18.9 Å². The maximum Gasteiger partial charge on any atom is 0.306 e. The van der Waals surface area contributed by atoms with E-state index in [1.807, 2.05) is 0 Å². The second-order valence-corrected chi connectivity index (χ2v) is 5.85. The topological polar surface area (TPSA) is 90.7 Å². The van der Waals surface area contributed by atoms with Crippen molar-refractivity contribution >= 4 is 17.3 Å². The summed E-state index contributed by atoms with van der Waals surface area (Å²) >= 11 is 0. The minimum Gasteiger partial charge on any atom is -0.491 e. The van der Waals surface area contributed by atoms with Gasteiger partial charge in [-0.1, -0.05) is 0 Å². The second-order valence-electron chi connectivity index (χ2n) is 5.85. The zero-order valence-electron chi connectivity index (χ0n) is 13.8. The minimum atomic E-state index is -0.958. The number of hydrogen-bond donors (Lipinski definition) is 1. The van der Waals surface area contributed by atoms with Crippen molar-refractivity contribution in [2.24, 2.45) is 0 Å². The van der Waals surface area contributed by atoms with E-state index in [-0.39, 0.29) is 11.8 Å². The van der Waals surface area contributed by atoms with Crippen LogP contribution < -0.4 is 10.1 Å². The Hall–Kier alpha value is -3.00. The molecule has 1 aliphatic rings. The van der Waals surface area contributed by atoms with Crippen LogP contribution in [0.5, 0.6) is 5.75 Å². The number of nitrogens with zero attached hydrogens (tertiary/aromatic N) is 1. The highest BCUT2D eigenvalue weighted by Gasteiger charge is 2.17. The lowest BCUT2D eigenvalue weighted by atomic mass is 10.2. The van der Waals surface area contributed by atoms with Gasteiger partial charge in [-0.3, -0.25) is 14.9 Å². The third-order valence-corrected chi connectivity index (χ3v) is 3.98. The molecule has 1 fully saturated rings. The fraction of sp³-hybridized carbons (Fsp3) is 0.278. The molecule has 1 amide bonds. The van der Waals surface area contributed by atoms with E-state index in [1.165, 1.54) is 6.07 Å². The number of amides is 1. The molecule has 2 aromatic carbocycles. The molecule has 0 spiro atoms. The Kier molecular flexibility index (Phi) is 5.43. The fourth-order valence-corrected chi connectivity index (χ4v) is 2.60. The first-order valence-electron chi connectivity index (χ1n) is 8.12. The first-order chi connectivity index (χ1) is 12.5. The van der Waals surface area contributed by atoms with E-state index in [9.17, 15) is 19.3 Å². The number of carbonyl (C=O) groups is 1. The van der Waals surface area contributed by atoms with Crippen LogP contribution in [0.2, 0.25) is 0 Å². The lowest BCUT2D eigenvalue weighted by Crippen LogP contribution is -2.16. The Labute approximate surface area is 148 Å². The predicted molar refractivity (Wildman–Crippen MR) is 91.9 cm³/mol. The maximum absolute atomic E-state index is 13.3. The summed E-state index contributed by atoms with van der Waals surface area (Å²) in [5.41, 5.74) is -0.205. The number of nitrogens with one attached hydrogen (secondary N) is 1. The highest BCUT2D eigenvalue weighted by Crippen LogP contribution is 2.22. The summed E-state index contributed by atoms with van der Waals surface area (Å²) in [5.74, 6) is -0.799. The molecular formula is C18H17FN2O5. The quantitative estimate of drug-likeness (QED) is 0.628. The van der Waals surface area contributed by atoms with Gasteiger partial charge >= 0.3 is 5.69 Å². The number of nitro groups is 1. The second kappa shape index (κ2) is 7.92. The predicted octanol–water partition coefficient (Wildman–Crippen LogP) is 3.54. The molecule has 1 atom stereocenters. The zero-order chi connectivity index (χ0) is 18.5. The van der Waals surface area contributed by atoms with Gasteiger partial charge in [-0.2, -0.15) is 4.39 Å². The smallest absolute Gasteiger partial charge is 0.306 e. The van der Waals surface area contributed by atoms with Crippen molar-refractivity contribution in [2.75, 3.05) is 18.5 Å². The average molecular weight is 360 g/mol. The summed E-state index contributed by atoms with van der Waals surface area (Å²) in [6, 6.07) is 9.67. The van der Waals surface area contributed by atoms with Crippen LogP contribution in [-0.4, -0.2) is 30.1 Å². The van der Waals surface area contributed by atoms with E-state index in [0.717, 1.165) is 31.6 Å². The third kappa shape index (κ3) is 4.34. The minimum absolute atomic E-state index is 0.104. The lowest BCUT2D eigenvalue weighted by Gasteiger charge is -2.11. The van der Waals surface area contributed by atoms with E-state index in [1.54, 1.807) is 24.3 Å². The summed E-state index contributed by atoms with van der Waals surface area (Å²) in [4.78, 5) is 22.1. The van der Waals surface area contributed by atoms with Crippen molar-refractivity contribution in [1.82, 2.24) is 0 Å². The molecule has 2 aromatic rings. The number of ether oxygens (including phenoxy) is 2. The molecule has 26 heavy (non-hydrogen) atoms. The van der Waals surface area contributed by atoms with Gasteiger partial charge in [0.1, 0.15) is 12.4 Å². The Balaban J connectivity index is 1.61. The Morgan fingerprint density at radius 1 is 1.31 bits per heavy atom. The number of rotatable bonds is 6. The number of halogens is 1. The van der Waals surface area contributed by atoms with Gasteiger partial charge in [0.05, 0.1) is 11.0 Å². The molecule has 0 saturated carbocycles. The van der Waals surface area contributed by atoms with Crippen LogP contribution in [0.25, 0.3) is 0 Å². The monoisotopic (exact) mass is 360 g/mol. The van der Waals surface area contributed by atoms with E-state index < -0.39 is 22.3 Å². The first-order valence-corrected chi connectivity index (χ1v) is 8.12. The van der Waals surface area contributed by atoms with Gasteiger partial charge in [0.2, 0.25) is 5.82 Å². The molecule has 7 nitrogen and oxygen atoms in total. The highest BCUT2D eigenvalue weighted by atomic mass is 19.1. The first kappa shape index (κ1) is 17.8. The van der Waals surface area contributed by atoms with Crippen molar-refractivity contribution in [3.63, 3.8) is 0 Å². The van der Waals surface area contributed by atoms with Crippen LogP contribution in [0.4, 0.5) is 15.8 Å². The van der Waals surface area contributed by atoms with Crippen LogP contribution in [0.15, 0.2) is 42.5 Å². The molecule has 0 aromatic heterocycles. The SMILES string of the molecule is O=C(Nc1ccc(F)c([N+](=O)[O-])c1)c1ccc(OCC2CCCO2)cc1. The summed E-state index contributed by atoms with van der Waals surface area (Å²) in [6.45, 7) is 1.22. The van der Waals surface area contributed by atoms with Gasteiger partial charge < -0.3 is 14.8 Å². The molecule has 136 valence electrons. The molecular weight excluding hydrogens is 343 g/mol. The number of carbonyl (C=O) groups excluding carboxylic acids is 1. The largest absolute Gasteiger partial charge is 0.491 e. The van der Waals surface area contributed by atoms with Crippen LogP contribution in [0, 0.1) is 15.9 Å². The molecule has 8 heteroatoms. The van der Waals surface area contributed by atoms with E-state index >= 15 is 0 Å². The highest BCUT2D eigenvalue weighted by molar-refractivity contribution is 6.04. The van der Waals surface area contributed by atoms with Crippen molar-refractivity contribution in [3.8, 4) is 5.75 Å². The summed E-state index contributed by atoms with van der Waals surface area (Å²) < 4.78 is 24.4. The molecule has 3 rings (SSSR count). The number of benzene rings is 2. The van der Waals surface area contributed by atoms with Gasteiger partial charge in [0.15, 0.2) is 0 Å².